The molecular formula is C13H20N2O3S2. The summed E-state index contributed by atoms with van der Waals surface area (Å²) >= 11 is 1.20. The average Bonchev–Trinajstić information content (AvgIpc) is 3.11. The lowest BCUT2D eigenvalue weighted by atomic mass is 10.2. The van der Waals surface area contributed by atoms with E-state index in [1.807, 2.05) is 13.8 Å². The Labute approximate surface area is 124 Å². The molecule has 2 rings (SSSR count). The fourth-order valence-electron chi connectivity index (χ4n) is 2.55. The van der Waals surface area contributed by atoms with E-state index < -0.39 is 16.1 Å². The lowest BCUT2D eigenvalue weighted by Crippen LogP contribution is -2.47. The van der Waals surface area contributed by atoms with Crippen molar-refractivity contribution < 1.29 is 13.2 Å². The highest BCUT2D eigenvalue weighted by molar-refractivity contribution is 7.91. The van der Waals surface area contributed by atoms with Gasteiger partial charge in [0.05, 0.1) is 0 Å². The molecule has 0 bridgehead atoms. The number of hydrogen-bond donors (Lipinski definition) is 0. The number of sulfonamides is 1. The Morgan fingerprint density at radius 2 is 2.15 bits per heavy atom. The second-order valence-corrected chi connectivity index (χ2v) is 7.78. The molecule has 20 heavy (non-hydrogen) atoms. The topological polar surface area (TPSA) is 57.7 Å². The van der Waals surface area contributed by atoms with Crippen molar-refractivity contribution in [1.29, 1.82) is 0 Å². The zero-order valence-corrected chi connectivity index (χ0v) is 13.4. The molecule has 7 heteroatoms. The van der Waals surface area contributed by atoms with Gasteiger partial charge in [-0.05, 0) is 38.1 Å². The van der Waals surface area contributed by atoms with E-state index in [0.29, 0.717) is 30.3 Å². The lowest BCUT2D eigenvalue weighted by molar-refractivity contribution is -0.134. The number of thiophene rings is 1. The van der Waals surface area contributed by atoms with Crippen LogP contribution in [-0.2, 0) is 14.8 Å². The maximum atomic E-state index is 12.6. The van der Waals surface area contributed by atoms with Crippen LogP contribution in [-0.4, -0.2) is 49.2 Å². The smallest absolute Gasteiger partial charge is 0.253 e. The van der Waals surface area contributed by atoms with Crippen molar-refractivity contribution in [2.75, 3.05) is 19.6 Å². The number of amides is 1. The molecule has 1 aliphatic rings. The third-order valence-corrected chi connectivity index (χ3v) is 6.90. The second-order valence-electron chi connectivity index (χ2n) is 4.72. The Balaban J connectivity index is 2.26. The monoisotopic (exact) mass is 316 g/mol. The first-order valence-corrected chi connectivity index (χ1v) is 9.18. The summed E-state index contributed by atoms with van der Waals surface area (Å²) in [4.78, 5) is 14.2. The molecule has 0 spiro atoms. The second kappa shape index (κ2) is 6.24. The Kier molecular flexibility index (Phi) is 4.82. The Hall–Kier alpha value is -0.920. The van der Waals surface area contributed by atoms with Gasteiger partial charge in [-0.25, -0.2) is 8.42 Å². The normalized spacial score (nSPS) is 20.2. The quantitative estimate of drug-likeness (QED) is 0.832. The molecule has 0 N–H and O–H groups in total. The van der Waals surface area contributed by atoms with Gasteiger partial charge in [0.1, 0.15) is 10.3 Å². The minimum absolute atomic E-state index is 0.0763. The van der Waals surface area contributed by atoms with E-state index in [2.05, 4.69) is 0 Å². The molecule has 0 radical (unpaired) electrons. The van der Waals surface area contributed by atoms with Crippen LogP contribution in [0.4, 0.5) is 0 Å². The van der Waals surface area contributed by atoms with Gasteiger partial charge in [-0.1, -0.05) is 6.07 Å². The third kappa shape index (κ3) is 2.75. The van der Waals surface area contributed by atoms with E-state index in [1.54, 1.807) is 22.4 Å². The van der Waals surface area contributed by atoms with E-state index in [4.69, 9.17) is 0 Å². The van der Waals surface area contributed by atoms with Crippen LogP contribution in [0.2, 0.25) is 0 Å². The van der Waals surface area contributed by atoms with E-state index >= 15 is 0 Å². The molecule has 1 saturated heterocycles. The standard InChI is InChI=1S/C13H20N2O3S2/c1-3-14(4-2)13(16)11-7-5-9-15(11)20(17,18)12-8-6-10-19-12/h6,8,10-11H,3-5,7,9H2,1-2H3. The molecule has 1 atom stereocenters. The van der Waals surface area contributed by atoms with Crippen molar-refractivity contribution in [3.05, 3.63) is 17.5 Å². The highest BCUT2D eigenvalue weighted by atomic mass is 32.2. The van der Waals surface area contributed by atoms with Crippen LogP contribution >= 0.6 is 11.3 Å². The molecule has 1 aromatic heterocycles. The lowest BCUT2D eigenvalue weighted by Gasteiger charge is -2.28. The molecule has 0 aromatic carbocycles. The first-order valence-electron chi connectivity index (χ1n) is 6.86. The van der Waals surface area contributed by atoms with E-state index in [9.17, 15) is 13.2 Å². The maximum absolute atomic E-state index is 12.6. The maximum Gasteiger partial charge on any atom is 0.253 e. The van der Waals surface area contributed by atoms with Crippen LogP contribution in [0.15, 0.2) is 21.7 Å². The molecule has 1 fully saturated rings. The van der Waals surface area contributed by atoms with Crippen molar-refractivity contribution in [3.8, 4) is 0 Å². The number of likely N-dealkylation sites (N-methyl/N-ethyl adjacent to an activating group) is 1. The van der Waals surface area contributed by atoms with Crippen molar-refractivity contribution in [2.24, 2.45) is 0 Å². The molecule has 112 valence electrons. The predicted octanol–water partition coefficient (Wildman–Crippen LogP) is 1.77. The van der Waals surface area contributed by atoms with Gasteiger partial charge >= 0.3 is 0 Å². The molecule has 0 aliphatic carbocycles. The van der Waals surface area contributed by atoms with Crippen molar-refractivity contribution in [3.63, 3.8) is 0 Å². The minimum Gasteiger partial charge on any atom is -0.342 e. The summed E-state index contributed by atoms with van der Waals surface area (Å²) in [6.07, 6.45) is 1.35. The zero-order valence-electron chi connectivity index (χ0n) is 11.8. The molecule has 1 aliphatic heterocycles. The first kappa shape index (κ1) is 15.5. The Morgan fingerprint density at radius 3 is 2.70 bits per heavy atom. The number of hydrogen-bond acceptors (Lipinski definition) is 4. The van der Waals surface area contributed by atoms with E-state index in [1.165, 1.54) is 15.6 Å². The summed E-state index contributed by atoms with van der Waals surface area (Å²) < 4.78 is 26.8. The first-order chi connectivity index (χ1) is 9.52. The van der Waals surface area contributed by atoms with Crippen LogP contribution in [0.3, 0.4) is 0 Å². The average molecular weight is 316 g/mol. The molecule has 1 unspecified atom stereocenters. The van der Waals surface area contributed by atoms with Gasteiger partial charge in [0.15, 0.2) is 0 Å². The zero-order chi connectivity index (χ0) is 14.8. The summed E-state index contributed by atoms with van der Waals surface area (Å²) in [5.74, 6) is -0.0763. The highest BCUT2D eigenvalue weighted by Crippen LogP contribution is 2.29. The van der Waals surface area contributed by atoms with Crippen LogP contribution < -0.4 is 0 Å². The van der Waals surface area contributed by atoms with Gasteiger partial charge in [-0.15, -0.1) is 11.3 Å². The van der Waals surface area contributed by atoms with Crippen molar-refractivity contribution in [2.45, 2.75) is 36.9 Å². The van der Waals surface area contributed by atoms with E-state index in [-0.39, 0.29) is 5.91 Å². The summed E-state index contributed by atoms with van der Waals surface area (Å²) in [6, 6.07) is 2.77. The summed E-state index contributed by atoms with van der Waals surface area (Å²) in [6.45, 7) is 5.47. The van der Waals surface area contributed by atoms with Gasteiger partial charge in [0.25, 0.3) is 10.0 Å². The number of nitrogens with zero attached hydrogens (tertiary/aromatic N) is 2. The molecule has 2 heterocycles. The fraction of sp³-hybridized carbons (Fsp3) is 0.615. The molecule has 0 saturated carbocycles. The van der Waals surface area contributed by atoms with Gasteiger partial charge < -0.3 is 4.90 Å². The van der Waals surface area contributed by atoms with Crippen LogP contribution in [0.25, 0.3) is 0 Å². The molecule has 1 amide bonds. The SMILES string of the molecule is CCN(CC)C(=O)C1CCCN1S(=O)(=O)c1cccs1. The summed E-state index contributed by atoms with van der Waals surface area (Å²) in [5, 5.41) is 1.74. The van der Waals surface area contributed by atoms with Crippen LogP contribution in [0.5, 0.6) is 0 Å². The van der Waals surface area contributed by atoms with Crippen molar-refractivity contribution in [1.82, 2.24) is 9.21 Å². The van der Waals surface area contributed by atoms with Gasteiger partial charge in [0, 0.05) is 19.6 Å². The Morgan fingerprint density at radius 1 is 1.45 bits per heavy atom. The number of carbonyl (C=O) groups excluding carboxylic acids is 1. The minimum atomic E-state index is -3.54. The van der Waals surface area contributed by atoms with Gasteiger partial charge in [0.2, 0.25) is 5.91 Å². The number of rotatable bonds is 5. The van der Waals surface area contributed by atoms with Crippen molar-refractivity contribution >= 4 is 27.3 Å². The highest BCUT2D eigenvalue weighted by Gasteiger charge is 2.40. The predicted molar refractivity (Wildman–Crippen MR) is 79.2 cm³/mol. The van der Waals surface area contributed by atoms with E-state index in [0.717, 1.165) is 6.42 Å². The summed E-state index contributed by atoms with van der Waals surface area (Å²) in [5.41, 5.74) is 0. The molecule has 5 nitrogen and oxygen atoms in total. The fourth-order valence-corrected chi connectivity index (χ4v) is 5.32. The van der Waals surface area contributed by atoms with Crippen LogP contribution in [0.1, 0.15) is 26.7 Å². The number of carbonyl (C=O) groups is 1. The van der Waals surface area contributed by atoms with Gasteiger partial charge in [-0.2, -0.15) is 4.31 Å². The third-order valence-electron chi connectivity index (χ3n) is 3.62. The Bertz CT molecular complexity index is 550. The summed E-state index contributed by atoms with van der Waals surface area (Å²) in [7, 11) is -3.54. The van der Waals surface area contributed by atoms with Crippen LogP contribution in [0, 0.1) is 0 Å². The van der Waals surface area contributed by atoms with Gasteiger partial charge in [-0.3, -0.25) is 4.79 Å². The largest absolute Gasteiger partial charge is 0.342 e. The molecular weight excluding hydrogens is 296 g/mol. The molecule has 1 aromatic rings.